The number of hydrogen-bond acceptors (Lipinski definition) is 4. The molecular formula is C21H24FN3O2. The number of halogens is 1. The summed E-state index contributed by atoms with van der Waals surface area (Å²) < 4.78 is 14.3. The molecule has 2 N–H and O–H groups in total. The van der Waals surface area contributed by atoms with Crippen LogP contribution in [0.4, 0.5) is 10.1 Å². The summed E-state index contributed by atoms with van der Waals surface area (Å²) in [5.74, 6) is -0.703. The minimum Gasteiger partial charge on any atom is -0.366 e. The van der Waals surface area contributed by atoms with Crippen LogP contribution in [0.2, 0.25) is 0 Å². The predicted molar refractivity (Wildman–Crippen MR) is 103 cm³/mol. The number of amides is 1. The lowest BCUT2D eigenvalue weighted by Crippen LogP contribution is -2.51. The molecule has 27 heavy (non-hydrogen) atoms. The Hall–Kier alpha value is -2.73. The largest absolute Gasteiger partial charge is 0.366 e. The normalized spacial score (nSPS) is 15.6. The van der Waals surface area contributed by atoms with Crippen molar-refractivity contribution in [2.24, 2.45) is 5.73 Å². The fourth-order valence-electron chi connectivity index (χ4n) is 3.26. The highest BCUT2D eigenvalue weighted by atomic mass is 19.1. The van der Waals surface area contributed by atoms with Gasteiger partial charge in [-0.2, -0.15) is 0 Å². The van der Waals surface area contributed by atoms with E-state index >= 15 is 0 Å². The maximum atomic E-state index is 14.3. The molecule has 1 unspecified atom stereocenters. The molecule has 1 heterocycles. The first kappa shape index (κ1) is 19.0. The molecule has 0 saturated carbocycles. The molecule has 1 atom stereocenters. The lowest BCUT2D eigenvalue weighted by molar-refractivity contribution is -0.133. The number of aryl methyl sites for hydroxylation is 1. The van der Waals surface area contributed by atoms with E-state index in [2.05, 4.69) is 0 Å². The highest BCUT2D eigenvalue weighted by Crippen LogP contribution is 2.23. The number of carbonyl (C=O) groups is 2. The van der Waals surface area contributed by atoms with Crippen LogP contribution in [0.15, 0.2) is 42.5 Å². The number of nitrogens with two attached hydrogens (primary N) is 1. The molecule has 0 bridgehead atoms. The molecule has 5 nitrogen and oxygen atoms in total. The van der Waals surface area contributed by atoms with Crippen molar-refractivity contribution in [2.75, 3.05) is 31.1 Å². The molecule has 1 saturated heterocycles. The molecule has 1 amide bonds. The van der Waals surface area contributed by atoms with Crippen LogP contribution in [-0.2, 0) is 4.79 Å². The van der Waals surface area contributed by atoms with Crippen LogP contribution < -0.4 is 10.6 Å². The van der Waals surface area contributed by atoms with Gasteiger partial charge in [0.2, 0.25) is 5.91 Å². The highest BCUT2D eigenvalue weighted by Gasteiger charge is 2.27. The first-order valence-corrected chi connectivity index (χ1v) is 9.03. The molecule has 0 radical (unpaired) electrons. The average molecular weight is 369 g/mol. The molecule has 1 fully saturated rings. The van der Waals surface area contributed by atoms with Crippen molar-refractivity contribution in [3.8, 4) is 0 Å². The van der Waals surface area contributed by atoms with Gasteiger partial charge in [0.05, 0.1) is 5.69 Å². The lowest BCUT2D eigenvalue weighted by atomic mass is 10.0. The van der Waals surface area contributed by atoms with Gasteiger partial charge >= 0.3 is 0 Å². The summed E-state index contributed by atoms with van der Waals surface area (Å²) in [5.41, 5.74) is 8.85. The van der Waals surface area contributed by atoms with Crippen LogP contribution in [-0.4, -0.2) is 42.8 Å². The minimum absolute atomic E-state index is 0.120. The lowest BCUT2D eigenvalue weighted by Gasteiger charge is -2.37. The SMILES string of the molecule is CC(=O)c1ccc(N2CCN(C(=O)C(N)c3ccc(C)cc3)CC2)c(F)c1. The number of piperazine rings is 1. The molecule has 0 aliphatic carbocycles. The van der Waals surface area contributed by atoms with Gasteiger partial charge in [-0.1, -0.05) is 29.8 Å². The Morgan fingerprint density at radius 1 is 1.04 bits per heavy atom. The summed E-state index contributed by atoms with van der Waals surface area (Å²) in [5, 5.41) is 0. The second-order valence-electron chi connectivity index (χ2n) is 6.92. The molecule has 2 aromatic rings. The Bertz CT molecular complexity index is 843. The number of carbonyl (C=O) groups excluding carboxylic acids is 2. The van der Waals surface area contributed by atoms with Crippen molar-refractivity contribution in [1.82, 2.24) is 4.90 Å². The summed E-state index contributed by atoms with van der Waals surface area (Å²) in [6, 6.07) is 11.5. The molecule has 6 heteroatoms. The molecule has 0 aromatic heterocycles. The Kier molecular flexibility index (Phi) is 5.56. The van der Waals surface area contributed by atoms with Gasteiger partial charge in [-0.05, 0) is 37.6 Å². The second-order valence-corrected chi connectivity index (χ2v) is 6.92. The summed E-state index contributed by atoms with van der Waals surface area (Å²) in [7, 11) is 0. The van der Waals surface area contributed by atoms with Crippen molar-refractivity contribution < 1.29 is 14.0 Å². The number of nitrogens with zero attached hydrogens (tertiary/aromatic N) is 2. The van der Waals surface area contributed by atoms with E-state index < -0.39 is 11.9 Å². The monoisotopic (exact) mass is 369 g/mol. The van der Waals surface area contributed by atoms with Crippen LogP contribution in [0.25, 0.3) is 0 Å². The van der Waals surface area contributed by atoms with Gasteiger partial charge < -0.3 is 15.5 Å². The smallest absolute Gasteiger partial charge is 0.244 e. The summed E-state index contributed by atoms with van der Waals surface area (Å²) in [6.07, 6.45) is 0. The number of Topliss-reactive ketones (excluding diaryl/α,β-unsaturated/α-hetero) is 1. The fourth-order valence-corrected chi connectivity index (χ4v) is 3.26. The van der Waals surface area contributed by atoms with Gasteiger partial charge in [-0.3, -0.25) is 9.59 Å². The van der Waals surface area contributed by atoms with Gasteiger partial charge in [0.25, 0.3) is 0 Å². The quantitative estimate of drug-likeness (QED) is 0.842. The molecule has 1 aliphatic heterocycles. The summed E-state index contributed by atoms with van der Waals surface area (Å²) >= 11 is 0. The Morgan fingerprint density at radius 3 is 2.22 bits per heavy atom. The van der Waals surface area contributed by atoms with E-state index in [1.165, 1.54) is 13.0 Å². The maximum Gasteiger partial charge on any atom is 0.244 e. The zero-order chi connectivity index (χ0) is 19.6. The fraction of sp³-hybridized carbons (Fsp3) is 0.333. The first-order chi connectivity index (χ1) is 12.9. The number of ketones is 1. The third kappa shape index (κ3) is 4.17. The van der Waals surface area contributed by atoms with Crippen molar-refractivity contribution in [3.05, 3.63) is 65.0 Å². The number of anilines is 1. The van der Waals surface area contributed by atoms with Crippen molar-refractivity contribution in [3.63, 3.8) is 0 Å². The zero-order valence-corrected chi connectivity index (χ0v) is 15.6. The van der Waals surface area contributed by atoms with Crippen molar-refractivity contribution in [2.45, 2.75) is 19.9 Å². The van der Waals surface area contributed by atoms with Crippen LogP contribution in [0, 0.1) is 12.7 Å². The van der Waals surface area contributed by atoms with Gasteiger partial charge in [0, 0.05) is 31.7 Å². The van der Waals surface area contributed by atoms with E-state index in [4.69, 9.17) is 5.73 Å². The standard InChI is InChI=1S/C21H24FN3O2/c1-14-3-5-16(6-4-14)20(23)21(27)25-11-9-24(10-12-25)19-8-7-17(15(2)26)13-18(19)22/h3-8,13,20H,9-12,23H2,1-2H3. The number of hydrogen-bond donors (Lipinski definition) is 1. The topological polar surface area (TPSA) is 66.6 Å². The van der Waals surface area contributed by atoms with Crippen LogP contribution in [0.1, 0.15) is 34.5 Å². The van der Waals surface area contributed by atoms with Gasteiger partial charge in [-0.25, -0.2) is 4.39 Å². The highest BCUT2D eigenvalue weighted by molar-refractivity contribution is 5.94. The molecule has 0 spiro atoms. The summed E-state index contributed by atoms with van der Waals surface area (Å²) in [4.78, 5) is 27.7. The van der Waals surface area contributed by atoms with Gasteiger partial charge in [0.15, 0.2) is 5.78 Å². The zero-order valence-electron chi connectivity index (χ0n) is 15.6. The molecule has 142 valence electrons. The Balaban J connectivity index is 1.64. The van der Waals surface area contributed by atoms with Crippen LogP contribution >= 0.6 is 0 Å². The molecular weight excluding hydrogens is 345 g/mol. The van der Waals surface area contributed by atoms with Gasteiger partial charge in [-0.15, -0.1) is 0 Å². The van der Waals surface area contributed by atoms with Crippen molar-refractivity contribution >= 4 is 17.4 Å². The summed E-state index contributed by atoms with van der Waals surface area (Å²) in [6.45, 7) is 5.39. The second kappa shape index (κ2) is 7.88. The number of rotatable bonds is 4. The Labute approximate surface area is 158 Å². The average Bonchev–Trinajstić information content (AvgIpc) is 2.67. The molecule has 3 rings (SSSR count). The maximum absolute atomic E-state index is 14.3. The van der Waals surface area contributed by atoms with E-state index in [1.54, 1.807) is 17.0 Å². The minimum atomic E-state index is -0.691. The predicted octanol–water partition coefficient (Wildman–Crippen LogP) is 2.69. The third-order valence-electron chi connectivity index (χ3n) is 4.99. The first-order valence-electron chi connectivity index (χ1n) is 9.03. The number of benzene rings is 2. The van der Waals surface area contributed by atoms with Crippen LogP contribution in [0.3, 0.4) is 0 Å². The third-order valence-corrected chi connectivity index (χ3v) is 4.99. The van der Waals surface area contributed by atoms with E-state index in [-0.39, 0.29) is 11.7 Å². The van der Waals surface area contributed by atoms with E-state index in [0.29, 0.717) is 37.4 Å². The Morgan fingerprint density at radius 2 is 1.67 bits per heavy atom. The molecule has 1 aliphatic rings. The molecule has 2 aromatic carbocycles. The van der Waals surface area contributed by atoms with E-state index in [0.717, 1.165) is 11.1 Å². The van der Waals surface area contributed by atoms with Gasteiger partial charge in [0.1, 0.15) is 11.9 Å². The van der Waals surface area contributed by atoms with Crippen molar-refractivity contribution in [1.29, 1.82) is 0 Å². The van der Waals surface area contributed by atoms with E-state index in [9.17, 15) is 14.0 Å². The van der Waals surface area contributed by atoms with Crippen LogP contribution in [0.5, 0.6) is 0 Å². The van der Waals surface area contributed by atoms with E-state index in [1.807, 2.05) is 36.1 Å².